The number of aryl methyl sites for hydroxylation is 1. The van der Waals surface area contributed by atoms with E-state index in [1.165, 1.54) is 0 Å². The van der Waals surface area contributed by atoms with E-state index in [0.29, 0.717) is 17.0 Å². The molecule has 0 aliphatic heterocycles. The van der Waals surface area contributed by atoms with Crippen molar-refractivity contribution < 1.29 is 0 Å². The van der Waals surface area contributed by atoms with Crippen molar-refractivity contribution in [1.82, 2.24) is 9.97 Å². The fourth-order valence-electron chi connectivity index (χ4n) is 2.09. The Morgan fingerprint density at radius 3 is 2.16 bits per heavy atom. The summed E-state index contributed by atoms with van der Waals surface area (Å²) in [5, 5.41) is 0.547. The highest BCUT2D eigenvalue weighted by molar-refractivity contribution is 6.29. The van der Waals surface area contributed by atoms with Gasteiger partial charge in [0.2, 0.25) is 0 Å². The molecule has 0 atom stereocenters. The third kappa shape index (κ3) is 5.77. The summed E-state index contributed by atoms with van der Waals surface area (Å²) >= 11 is 6.13. The summed E-state index contributed by atoms with van der Waals surface area (Å²) in [6.07, 6.45) is 1.92. The molecule has 0 bridgehead atoms. The molecule has 0 aliphatic carbocycles. The summed E-state index contributed by atoms with van der Waals surface area (Å²) in [6.45, 7) is 13.0. The van der Waals surface area contributed by atoms with Crippen LogP contribution in [0.1, 0.15) is 46.9 Å². The minimum Gasteiger partial charge on any atom is -0.356 e. The van der Waals surface area contributed by atoms with Crippen molar-refractivity contribution in [2.75, 3.05) is 18.0 Å². The molecule has 3 nitrogen and oxygen atoms in total. The number of nitrogens with zero attached hydrogens (tertiary/aromatic N) is 3. The first-order valence-electron chi connectivity index (χ1n) is 7.20. The lowest BCUT2D eigenvalue weighted by molar-refractivity contribution is 0.547. The van der Waals surface area contributed by atoms with Crippen LogP contribution in [0.3, 0.4) is 0 Å². The van der Waals surface area contributed by atoms with Gasteiger partial charge in [0, 0.05) is 25.6 Å². The average Bonchev–Trinajstić information content (AvgIpc) is 2.26. The first-order valence-corrected chi connectivity index (χ1v) is 7.58. The van der Waals surface area contributed by atoms with Gasteiger partial charge in [-0.2, -0.15) is 0 Å². The Hall–Kier alpha value is -0.830. The molecule has 0 radical (unpaired) electrons. The van der Waals surface area contributed by atoms with E-state index < -0.39 is 0 Å². The van der Waals surface area contributed by atoms with Gasteiger partial charge >= 0.3 is 0 Å². The van der Waals surface area contributed by atoms with Gasteiger partial charge in [-0.3, -0.25) is 0 Å². The van der Waals surface area contributed by atoms with E-state index in [1.807, 2.05) is 6.07 Å². The van der Waals surface area contributed by atoms with Crippen molar-refractivity contribution in [3.63, 3.8) is 0 Å². The largest absolute Gasteiger partial charge is 0.356 e. The molecule has 0 saturated heterocycles. The molecule has 1 rings (SSSR count). The van der Waals surface area contributed by atoms with Crippen LogP contribution in [0.4, 0.5) is 5.82 Å². The first-order chi connectivity index (χ1) is 8.92. The predicted octanol–water partition coefficient (Wildman–Crippen LogP) is 4.20. The second-order valence-corrected chi connectivity index (χ2v) is 6.30. The number of aromatic nitrogens is 2. The molecule has 0 aliphatic rings. The molecule has 0 aromatic carbocycles. The van der Waals surface area contributed by atoms with Gasteiger partial charge in [0.25, 0.3) is 0 Å². The minimum atomic E-state index is 0.547. The van der Waals surface area contributed by atoms with Crippen LogP contribution >= 0.6 is 11.6 Å². The number of rotatable bonds is 7. The van der Waals surface area contributed by atoms with Crippen LogP contribution in [-0.4, -0.2) is 23.1 Å². The van der Waals surface area contributed by atoms with Crippen LogP contribution in [-0.2, 0) is 6.42 Å². The Morgan fingerprint density at radius 2 is 1.68 bits per heavy atom. The van der Waals surface area contributed by atoms with Gasteiger partial charge in [-0.1, -0.05) is 46.2 Å². The normalized spacial score (nSPS) is 11.4. The summed E-state index contributed by atoms with van der Waals surface area (Å²) in [5.74, 6) is 3.01. The Kier molecular flexibility index (Phi) is 6.56. The summed E-state index contributed by atoms with van der Waals surface area (Å²) in [5.41, 5.74) is 0. The summed E-state index contributed by atoms with van der Waals surface area (Å²) in [4.78, 5) is 11.3. The molecule has 0 spiro atoms. The van der Waals surface area contributed by atoms with E-state index in [-0.39, 0.29) is 0 Å². The van der Waals surface area contributed by atoms with Crippen LogP contribution < -0.4 is 4.90 Å². The van der Waals surface area contributed by atoms with Crippen molar-refractivity contribution in [3.05, 3.63) is 17.0 Å². The van der Waals surface area contributed by atoms with Crippen LogP contribution in [0, 0.1) is 11.8 Å². The van der Waals surface area contributed by atoms with Crippen molar-refractivity contribution in [2.24, 2.45) is 11.8 Å². The maximum absolute atomic E-state index is 6.13. The third-order valence-corrected chi connectivity index (χ3v) is 2.89. The van der Waals surface area contributed by atoms with Crippen molar-refractivity contribution in [2.45, 2.75) is 47.5 Å². The highest BCUT2D eigenvalue weighted by atomic mass is 35.5. The molecule has 1 heterocycles. The SMILES string of the molecule is CCCc1nc(Cl)cc(N(CC(C)C)CC(C)C)n1. The highest BCUT2D eigenvalue weighted by Crippen LogP contribution is 2.19. The monoisotopic (exact) mass is 283 g/mol. The maximum atomic E-state index is 6.13. The van der Waals surface area contributed by atoms with E-state index in [9.17, 15) is 0 Å². The molecule has 4 heteroatoms. The summed E-state index contributed by atoms with van der Waals surface area (Å²) < 4.78 is 0. The molecule has 1 aromatic heterocycles. The van der Waals surface area contributed by atoms with Gasteiger partial charge in [0.05, 0.1) is 0 Å². The van der Waals surface area contributed by atoms with Crippen LogP contribution in [0.2, 0.25) is 5.15 Å². The Balaban J connectivity index is 2.99. The first kappa shape index (κ1) is 16.2. The van der Waals surface area contributed by atoms with Crippen molar-refractivity contribution in [3.8, 4) is 0 Å². The number of halogens is 1. The topological polar surface area (TPSA) is 29.0 Å². The fourth-order valence-corrected chi connectivity index (χ4v) is 2.29. The van der Waals surface area contributed by atoms with Gasteiger partial charge in [-0.15, -0.1) is 0 Å². The highest BCUT2D eigenvalue weighted by Gasteiger charge is 2.14. The maximum Gasteiger partial charge on any atom is 0.134 e. The summed E-state index contributed by atoms with van der Waals surface area (Å²) in [6, 6.07) is 1.88. The fraction of sp³-hybridized carbons (Fsp3) is 0.733. The minimum absolute atomic E-state index is 0.547. The standard InChI is InChI=1S/C15H26ClN3/c1-6-7-14-17-13(16)8-15(18-14)19(9-11(2)3)10-12(4)5/h8,11-12H,6-7,9-10H2,1-5H3. The smallest absolute Gasteiger partial charge is 0.134 e. The van der Waals surface area contributed by atoms with Gasteiger partial charge in [0.1, 0.15) is 16.8 Å². The second-order valence-electron chi connectivity index (χ2n) is 5.91. The van der Waals surface area contributed by atoms with Gasteiger partial charge in [-0.05, 0) is 18.3 Å². The molecule has 0 unspecified atom stereocenters. The molecule has 108 valence electrons. The van der Waals surface area contributed by atoms with Crippen LogP contribution in [0.25, 0.3) is 0 Å². The predicted molar refractivity (Wildman–Crippen MR) is 82.9 cm³/mol. The van der Waals surface area contributed by atoms with E-state index in [1.54, 1.807) is 0 Å². The molecule has 1 aromatic rings. The van der Waals surface area contributed by atoms with Crippen LogP contribution in [0.15, 0.2) is 6.07 Å². The van der Waals surface area contributed by atoms with E-state index in [0.717, 1.165) is 37.6 Å². The lowest BCUT2D eigenvalue weighted by Gasteiger charge is -2.27. The number of hydrogen-bond donors (Lipinski definition) is 0. The molecular weight excluding hydrogens is 258 g/mol. The molecule has 0 fully saturated rings. The molecule has 0 amide bonds. The molecule has 0 N–H and O–H groups in total. The molecule has 19 heavy (non-hydrogen) atoms. The summed E-state index contributed by atoms with van der Waals surface area (Å²) in [7, 11) is 0. The molecule has 0 saturated carbocycles. The molecular formula is C15H26ClN3. The second kappa shape index (κ2) is 7.68. The third-order valence-electron chi connectivity index (χ3n) is 2.70. The van der Waals surface area contributed by atoms with Gasteiger partial charge in [-0.25, -0.2) is 9.97 Å². The van der Waals surface area contributed by atoms with E-state index in [2.05, 4.69) is 49.5 Å². The van der Waals surface area contributed by atoms with E-state index >= 15 is 0 Å². The zero-order valence-corrected chi connectivity index (χ0v) is 13.5. The number of hydrogen-bond acceptors (Lipinski definition) is 3. The van der Waals surface area contributed by atoms with Gasteiger partial charge in [0.15, 0.2) is 0 Å². The van der Waals surface area contributed by atoms with Gasteiger partial charge < -0.3 is 4.90 Å². The van der Waals surface area contributed by atoms with Crippen molar-refractivity contribution >= 4 is 17.4 Å². The zero-order chi connectivity index (χ0) is 14.4. The van der Waals surface area contributed by atoms with E-state index in [4.69, 9.17) is 11.6 Å². The van der Waals surface area contributed by atoms with Crippen molar-refractivity contribution in [1.29, 1.82) is 0 Å². The lowest BCUT2D eigenvalue weighted by atomic mass is 10.1. The Labute approximate surface area is 122 Å². The Bertz CT molecular complexity index is 381. The lowest BCUT2D eigenvalue weighted by Crippen LogP contribution is -2.32. The Morgan fingerprint density at radius 1 is 1.11 bits per heavy atom. The quantitative estimate of drug-likeness (QED) is 0.702. The number of anilines is 1. The zero-order valence-electron chi connectivity index (χ0n) is 12.8. The van der Waals surface area contributed by atoms with Crippen LogP contribution in [0.5, 0.6) is 0 Å². The average molecular weight is 284 g/mol.